The number of likely N-dealkylation sites (tertiary alicyclic amines) is 1. The molecule has 2 aromatic rings. The Morgan fingerprint density at radius 3 is 2.57 bits per heavy atom. The zero-order valence-electron chi connectivity index (χ0n) is 13.0. The number of benzene rings is 1. The van der Waals surface area contributed by atoms with Crippen molar-refractivity contribution in [2.24, 2.45) is 0 Å². The molecule has 8 nitrogen and oxygen atoms in total. The number of tetrazole rings is 1. The Labute approximate surface area is 135 Å². The van der Waals surface area contributed by atoms with E-state index >= 15 is 0 Å². The summed E-state index contributed by atoms with van der Waals surface area (Å²) in [4.78, 5) is 2.24. The lowest BCUT2D eigenvalue weighted by atomic mass is 10.1. The van der Waals surface area contributed by atoms with E-state index < -0.39 is 10.0 Å². The Bertz CT molecular complexity index is 738. The van der Waals surface area contributed by atoms with Gasteiger partial charge in [0.15, 0.2) is 5.82 Å². The van der Waals surface area contributed by atoms with Crippen LogP contribution in [0.1, 0.15) is 18.7 Å². The summed E-state index contributed by atoms with van der Waals surface area (Å²) in [7, 11) is -3.14. The van der Waals surface area contributed by atoms with Gasteiger partial charge in [-0.25, -0.2) is 13.1 Å². The van der Waals surface area contributed by atoms with Crippen LogP contribution in [0.3, 0.4) is 0 Å². The summed E-state index contributed by atoms with van der Waals surface area (Å²) in [5.41, 5.74) is 0.932. The molecule has 0 radical (unpaired) electrons. The lowest BCUT2D eigenvalue weighted by Gasteiger charge is -2.31. The van der Waals surface area contributed by atoms with Crippen molar-refractivity contribution >= 4 is 10.0 Å². The van der Waals surface area contributed by atoms with E-state index in [4.69, 9.17) is 0 Å². The molecule has 0 saturated carbocycles. The highest BCUT2D eigenvalue weighted by atomic mass is 32.2. The van der Waals surface area contributed by atoms with Crippen LogP contribution in [-0.2, 0) is 16.6 Å². The third-order valence-electron chi connectivity index (χ3n) is 3.87. The molecule has 9 heteroatoms. The van der Waals surface area contributed by atoms with Crippen LogP contribution in [0.2, 0.25) is 0 Å². The number of rotatable bonds is 5. The van der Waals surface area contributed by atoms with Gasteiger partial charge in [0.05, 0.1) is 18.5 Å². The minimum atomic E-state index is -3.14. The number of nitrogens with one attached hydrogen (secondary N) is 1. The number of nitrogens with zero attached hydrogens (tertiary/aromatic N) is 5. The molecule has 1 aliphatic rings. The molecule has 1 fully saturated rings. The highest BCUT2D eigenvalue weighted by Gasteiger charge is 2.23. The molecule has 3 rings (SSSR count). The number of piperidine rings is 1. The molecule has 1 aliphatic heterocycles. The normalized spacial score (nSPS) is 17.4. The van der Waals surface area contributed by atoms with Crippen molar-refractivity contribution < 1.29 is 8.42 Å². The molecule has 0 aliphatic carbocycles. The summed E-state index contributed by atoms with van der Waals surface area (Å²) >= 11 is 0. The molecule has 1 aromatic heterocycles. The van der Waals surface area contributed by atoms with E-state index in [1.807, 2.05) is 30.3 Å². The van der Waals surface area contributed by atoms with Crippen LogP contribution >= 0.6 is 0 Å². The van der Waals surface area contributed by atoms with Gasteiger partial charge >= 0.3 is 0 Å². The van der Waals surface area contributed by atoms with E-state index in [2.05, 4.69) is 25.1 Å². The van der Waals surface area contributed by atoms with Crippen LogP contribution in [0.4, 0.5) is 0 Å². The first-order valence-electron chi connectivity index (χ1n) is 7.53. The van der Waals surface area contributed by atoms with Gasteiger partial charge in [0.1, 0.15) is 0 Å². The van der Waals surface area contributed by atoms with Crippen LogP contribution in [0, 0.1) is 0 Å². The summed E-state index contributed by atoms with van der Waals surface area (Å²) in [6.45, 7) is 2.27. The molecule has 2 heterocycles. The summed E-state index contributed by atoms with van der Waals surface area (Å²) in [5.74, 6) is 0.783. The predicted molar refractivity (Wildman–Crippen MR) is 85.4 cm³/mol. The second kappa shape index (κ2) is 6.73. The first-order valence-corrected chi connectivity index (χ1v) is 9.43. The maximum Gasteiger partial charge on any atom is 0.208 e. The fourth-order valence-corrected chi connectivity index (χ4v) is 3.63. The van der Waals surface area contributed by atoms with Gasteiger partial charge in [0, 0.05) is 19.1 Å². The summed E-state index contributed by atoms with van der Waals surface area (Å²) in [5, 5.41) is 11.9. The van der Waals surface area contributed by atoms with E-state index in [1.165, 1.54) is 6.26 Å². The Morgan fingerprint density at radius 2 is 1.91 bits per heavy atom. The average molecular weight is 336 g/mol. The molecule has 0 atom stereocenters. The van der Waals surface area contributed by atoms with Gasteiger partial charge in [-0.3, -0.25) is 4.90 Å². The Kier molecular flexibility index (Phi) is 4.69. The van der Waals surface area contributed by atoms with Crippen molar-refractivity contribution in [3.8, 4) is 5.69 Å². The van der Waals surface area contributed by atoms with Gasteiger partial charge in [-0.05, 0) is 35.4 Å². The largest absolute Gasteiger partial charge is 0.296 e. The minimum Gasteiger partial charge on any atom is -0.296 e. The number of hydrogen-bond acceptors (Lipinski definition) is 6. The fourth-order valence-electron chi connectivity index (χ4n) is 2.79. The third kappa shape index (κ3) is 4.34. The zero-order valence-corrected chi connectivity index (χ0v) is 13.8. The Balaban J connectivity index is 1.61. The highest BCUT2D eigenvalue weighted by molar-refractivity contribution is 7.88. The van der Waals surface area contributed by atoms with E-state index in [0.717, 1.165) is 37.4 Å². The smallest absolute Gasteiger partial charge is 0.208 e. The Hall–Kier alpha value is -1.84. The summed E-state index contributed by atoms with van der Waals surface area (Å²) in [6, 6.07) is 9.79. The van der Waals surface area contributed by atoms with Crippen LogP contribution < -0.4 is 4.72 Å². The van der Waals surface area contributed by atoms with Crippen LogP contribution in [0.15, 0.2) is 30.3 Å². The van der Waals surface area contributed by atoms with Crippen LogP contribution in [0.25, 0.3) is 5.69 Å². The second-order valence-corrected chi connectivity index (χ2v) is 7.56. The molecular formula is C14H20N6O2S. The van der Waals surface area contributed by atoms with Gasteiger partial charge in [0.25, 0.3) is 0 Å². The van der Waals surface area contributed by atoms with Gasteiger partial charge in [-0.1, -0.05) is 18.2 Å². The maximum absolute atomic E-state index is 11.3. The zero-order chi connectivity index (χ0) is 16.3. The number of hydrogen-bond donors (Lipinski definition) is 1. The monoisotopic (exact) mass is 336 g/mol. The molecule has 0 unspecified atom stereocenters. The van der Waals surface area contributed by atoms with Gasteiger partial charge < -0.3 is 0 Å². The standard InChI is InChI=1S/C14H20N6O2S/c1-23(21,22)16-12-7-9-19(10-8-12)11-14-15-17-18-20(14)13-5-3-2-4-6-13/h2-6,12,16H,7-11H2,1H3. The molecule has 124 valence electrons. The quantitative estimate of drug-likeness (QED) is 0.837. The van der Waals surface area contributed by atoms with Crippen LogP contribution in [0.5, 0.6) is 0 Å². The topological polar surface area (TPSA) is 93.0 Å². The molecule has 23 heavy (non-hydrogen) atoms. The van der Waals surface area contributed by atoms with E-state index in [-0.39, 0.29) is 6.04 Å². The molecule has 0 spiro atoms. The van der Waals surface area contributed by atoms with Crippen molar-refractivity contribution in [1.29, 1.82) is 0 Å². The van der Waals surface area contributed by atoms with Crippen molar-refractivity contribution in [3.05, 3.63) is 36.2 Å². The minimum absolute atomic E-state index is 0.0198. The lowest BCUT2D eigenvalue weighted by Crippen LogP contribution is -2.44. The van der Waals surface area contributed by atoms with Gasteiger partial charge in [-0.2, -0.15) is 4.68 Å². The molecule has 0 amide bonds. The van der Waals surface area contributed by atoms with E-state index in [1.54, 1.807) is 4.68 Å². The van der Waals surface area contributed by atoms with Crippen molar-refractivity contribution in [2.45, 2.75) is 25.4 Å². The number of para-hydroxylation sites is 1. The molecule has 1 N–H and O–H groups in total. The second-order valence-electron chi connectivity index (χ2n) is 5.78. The van der Waals surface area contributed by atoms with E-state index in [9.17, 15) is 8.42 Å². The molecular weight excluding hydrogens is 316 g/mol. The maximum atomic E-state index is 11.3. The molecule has 1 aromatic carbocycles. The van der Waals surface area contributed by atoms with Crippen molar-refractivity contribution in [1.82, 2.24) is 29.8 Å². The highest BCUT2D eigenvalue weighted by Crippen LogP contribution is 2.15. The third-order valence-corrected chi connectivity index (χ3v) is 4.63. The SMILES string of the molecule is CS(=O)(=O)NC1CCN(Cc2nnnn2-c2ccccc2)CC1. The summed E-state index contributed by atoms with van der Waals surface area (Å²) in [6.07, 6.45) is 2.79. The summed E-state index contributed by atoms with van der Waals surface area (Å²) < 4.78 is 27.0. The molecule has 0 bridgehead atoms. The predicted octanol–water partition coefficient (Wildman–Crippen LogP) is 0.176. The van der Waals surface area contributed by atoms with Crippen molar-refractivity contribution in [3.63, 3.8) is 0 Å². The van der Waals surface area contributed by atoms with Crippen LogP contribution in [-0.4, -0.2) is 58.9 Å². The average Bonchev–Trinajstić information content (AvgIpc) is 2.97. The van der Waals surface area contributed by atoms with E-state index in [0.29, 0.717) is 6.54 Å². The molecule has 1 saturated heterocycles. The number of aromatic nitrogens is 4. The van der Waals surface area contributed by atoms with Gasteiger partial charge in [0.2, 0.25) is 10.0 Å². The van der Waals surface area contributed by atoms with Crippen molar-refractivity contribution in [2.75, 3.05) is 19.3 Å². The first kappa shape index (κ1) is 16.0. The Morgan fingerprint density at radius 1 is 1.22 bits per heavy atom. The first-order chi connectivity index (χ1) is 11.0. The van der Waals surface area contributed by atoms with Gasteiger partial charge in [-0.15, -0.1) is 5.10 Å². The lowest BCUT2D eigenvalue weighted by molar-refractivity contribution is 0.194. The fraction of sp³-hybridized carbons (Fsp3) is 0.500. The number of sulfonamides is 1.